The Hall–Kier alpha value is -1.36. The van der Waals surface area contributed by atoms with Crippen LogP contribution in [0.5, 0.6) is 0 Å². The van der Waals surface area contributed by atoms with Gasteiger partial charge in [0.2, 0.25) is 0 Å². The molecule has 1 aromatic rings. The van der Waals surface area contributed by atoms with Crippen molar-refractivity contribution in [2.45, 2.75) is 52.0 Å². The van der Waals surface area contributed by atoms with Gasteiger partial charge in [0.15, 0.2) is 0 Å². The summed E-state index contributed by atoms with van der Waals surface area (Å²) >= 11 is 0. The molecule has 0 saturated carbocycles. The fraction of sp³-hybridized carbons (Fsp3) is 0.733. The van der Waals surface area contributed by atoms with Crippen LogP contribution in [0.4, 0.5) is 0 Å². The first kappa shape index (κ1) is 15.0. The minimum atomic E-state index is -0.0212. The molecular formula is C15H26N4O. The van der Waals surface area contributed by atoms with Crippen LogP contribution in [0.2, 0.25) is 0 Å². The average Bonchev–Trinajstić information content (AvgIpc) is 2.90. The maximum Gasteiger partial charge on any atom is 0.254 e. The Morgan fingerprint density at radius 3 is 3.05 bits per heavy atom. The molecule has 0 unspecified atom stereocenters. The number of nitrogens with zero attached hydrogens (tertiary/aromatic N) is 2. The van der Waals surface area contributed by atoms with Gasteiger partial charge in [-0.05, 0) is 32.2 Å². The third kappa shape index (κ3) is 3.60. The van der Waals surface area contributed by atoms with Crippen molar-refractivity contribution in [3.63, 3.8) is 0 Å². The Morgan fingerprint density at radius 2 is 2.35 bits per heavy atom. The number of rotatable bonds is 5. The standard InChI is InChI=1S/C15H26N4O/c1-11(2)14-13(10-17-18-14)15(20)16-7-9-19-8-5-4-6-12(19)3/h10-12H,4-9H2,1-3H3,(H,16,20)(H,17,18)/t12-/m0/s1. The number of carbonyl (C=O) groups is 1. The molecule has 20 heavy (non-hydrogen) atoms. The van der Waals surface area contributed by atoms with E-state index in [-0.39, 0.29) is 11.8 Å². The molecule has 1 aliphatic rings. The van der Waals surface area contributed by atoms with Crippen molar-refractivity contribution in [2.24, 2.45) is 0 Å². The first-order valence-corrected chi connectivity index (χ1v) is 7.65. The summed E-state index contributed by atoms with van der Waals surface area (Å²) < 4.78 is 0. The maximum absolute atomic E-state index is 12.2. The lowest BCUT2D eigenvalue weighted by Gasteiger charge is -2.33. The van der Waals surface area contributed by atoms with Crippen molar-refractivity contribution in [2.75, 3.05) is 19.6 Å². The highest BCUT2D eigenvalue weighted by atomic mass is 16.1. The summed E-state index contributed by atoms with van der Waals surface area (Å²) in [6.45, 7) is 9.17. The fourth-order valence-corrected chi connectivity index (χ4v) is 2.82. The quantitative estimate of drug-likeness (QED) is 0.867. The molecule has 1 saturated heterocycles. The summed E-state index contributed by atoms with van der Waals surface area (Å²) in [5.41, 5.74) is 1.58. The zero-order chi connectivity index (χ0) is 14.5. The second-order valence-electron chi connectivity index (χ2n) is 5.99. The van der Waals surface area contributed by atoms with Crippen molar-refractivity contribution in [1.82, 2.24) is 20.4 Å². The van der Waals surface area contributed by atoms with Gasteiger partial charge < -0.3 is 5.32 Å². The Bertz CT molecular complexity index is 441. The molecule has 0 spiro atoms. The molecular weight excluding hydrogens is 252 g/mol. The van der Waals surface area contributed by atoms with E-state index in [2.05, 4.69) is 41.2 Å². The van der Waals surface area contributed by atoms with E-state index in [0.717, 1.165) is 18.8 Å². The summed E-state index contributed by atoms with van der Waals surface area (Å²) in [6, 6.07) is 0.640. The van der Waals surface area contributed by atoms with Gasteiger partial charge in [-0.1, -0.05) is 20.3 Å². The van der Waals surface area contributed by atoms with E-state index in [1.807, 2.05) is 0 Å². The minimum Gasteiger partial charge on any atom is -0.351 e. The summed E-state index contributed by atoms with van der Waals surface area (Å²) in [5.74, 6) is 0.257. The molecule has 2 N–H and O–H groups in total. The number of hydrogen-bond acceptors (Lipinski definition) is 3. The number of nitrogens with one attached hydrogen (secondary N) is 2. The third-order valence-corrected chi connectivity index (χ3v) is 4.12. The van der Waals surface area contributed by atoms with E-state index in [9.17, 15) is 4.79 Å². The van der Waals surface area contributed by atoms with Gasteiger partial charge in [-0.25, -0.2) is 0 Å². The average molecular weight is 278 g/mol. The molecule has 1 aliphatic heterocycles. The second kappa shape index (κ2) is 6.88. The van der Waals surface area contributed by atoms with E-state index in [4.69, 9.17) is 0 Å². The zero-order valence-corrected chi connectivity index (χ0v) is 12.8. The Kier molecular flexibility index (Phi) is 5.17. The molecule has 1 amide bonds. The lowest BCUT2D eigenvalue weighted by Crippen LogP contribution is -2.42. The molecule has 0 radical (unpaired) electrons. The van der Waals surface area contributed by atoms with E-state index >= 15 is 0 Å². The first-order valence-electron chi connectivity index (χ1n) is 7.65. The van der Waals surface area contributed by atoms with E-state index in [1.165, 1.54) is 19.3 Å². The number of amides is 1. The predicted octanol–water partition coefficient (Wildman–Crippen LogP) is 2.14. The summed E-state index contributed by atoms with van der Waals surface area (Å²) in [6.07, 6.45) is 5.50. The van der Waals surface area contributed by atoms with Crippen LogP contribution in [-0.2, 0) is 0 Å². The molecule has 1 atom stereocenters. The number of aromatic nitrogens is 2. The van der Waals surface area contributed by atoms with Crippen LogP contribution < -0.4 is 5.32 Å². The topological polar surface area (TPSA) is 61.0 Å². The van der Waals surface area contributed by atoms with Crippen LogP contribution in [0.25, 0.3) is 0 Å². The van der Waals surface area contributed by atoms with Crippen LogP contribution >= 0.6 is 0 Å². The van der Waals surface area contributed by atoms with Crippen molar-refractivity contribution < 1.29 is 4.79 Å². The lowest BCUT2D eigenvalue weighted by atomic mass is 10.0. The first-order chi connectivity index (χ1) is 9.59. The molecule has 2 rings (SSSR count). The fourth-order valence-electron chi connectivity index (χ4n) is 2.82. The summed E-state index contributed by atoms with van der Waals surface area (Å²) in [7, 11) is 0. The highest BCUT2D eigenvalue weighted by molar-refractivity contribution is 5.95. The van der Waals surface area contributed by atoms with Crippen LogP contribution in [0.1, 0.15) is 62.0 Å². The van der Waals surface area contributed by atoms with Crippen molar-refractivity contribution >= 4 is 5.91 Å². The maximum atomic E-state index is 12.2. The Morgan fingerprint density at radius 1 is 1.55 bits per heavy atom. The van der Waals surface area contributed by atoms with Crippen LogP contribution in [0, 0.1) is 0 Å². The smallest absolute Gasteiger partial charge is 0.254 e. The van der Waals surface area contributed by atoms with Crippen LogP contribution in [0.15, 0.2) is 6.20 Å². The molecule has 5 heteroatoms. The minimum absolute atomic E-state index is 0.0212. The molecule has 0 aliphatic carbocycles. The monoisotopic (exact) mass is 278 g/mol. The van der Waals surface area contributed by atoms with Crippen molar-refractivity contribution in [1.29, 1.82) is 0 Å². The molecule has 0 aromatic carbocycles. The van der Waals surface area contributed by atoms with E-state index < -0.39 is 0 Å². The van der Waals surface area contributed by atoms with E-state index in [0.29, 0.717) is 18.2 Å². The SMILES string of the molecule is CC(C)c1[nH]ncc1C(=O)NCCN1CCCC[C@@H]1C. The van der Waals surface area contributed by atoms with Gasteiger partial charge >= 0.3 is 0 Å². The van der Waals surface area contributed by atoms with Crippen LogP contribution in [-0.4, -0.2) is 46.7 Å². The zero-order valence-electron chi connectivity index (χ0n) is 12.8. The number of aromatic amines is 1. The van der Waals surface area contributed by atoms with Crippen molar-refractivity contribution in [3.8, 4) is 0 Å². The number of hydrogen-bond donors (Lipinski definition) is 2. The third-order valence-electron chi connectivity index (χ3n) is 4.12. The van der Waals surface area contributed by atoms with Crippen molar-refractivity contribution in [3.05, 3.63) is 17.5 Å². The molecule has 112 valence electrons. The van der Waals surface area contributed by atoms with Crippen LogP contribution in [0.3, 0.4) is 0 Å². The number of carbonyl (C=O) groups excluding carboxylic acids is 1. The molecule has 1 aromatic heterocycles. The van der Waals surface area contributed by atoms with E-state index in [1.54, 1.807) is 6.20 Å². The normalized spacial score (nSPS) is 20.3. The summed E-state index contributed by atoms with van der Waals surface area (Å²) in [5, 5.41) is 9.90. The second-order valence-corrected chi connectivity index (χ2v) is 5.99. The van der Waals surface area contributed by atoms with Gasteiger partial charge in [0, 0.05) is 19.1 Å². The number of piperidine rings is 1. The molecule has 5 nitrogen and oxygen atoms in total. The summed E-state index contributed by atoms with van der Waals surface area (Å²) in [4.78, 5) is 14.6. The number of H-pyrrole nitrogens is 1. The Balaban J connectivity index is 1.81. The highest BCUT2D eigenvalue weighted by Crippen LogP contribution is 2.16. The molecule has 2 heterocycles. The van der Waals surface area contributed by atoms with Gasteiger partial charge in [-0.2, -0.15) is 5.10 Å². The molecule has 0 bridgehead atoms. The van der Waals surface area contributed by atoms with Gasteiger partial charge in [-0.15, -0.1) is 0 Å². The predicted molar refractivity (Wildman–Crippen MR) is 79.9 cm³/mol. The van der Waals surface area contributed by atoms with Gasteiger partial charge in [0.05, 0.1) is 17.5 Å². The van der Waals surface area contributed by atoms with Gasteiger partial charge in [0.25, 0.3) is 5.91 Å². The largest absolute Gasteiger partial charge is 0.351 e. The van der Waals surface area contributed by atoms with Gasteiger partial charge in [0.1, 0.15) is 0 Å². The number of likely N-dealkylation sites (tertiary alicyclic amines) is 1. The Labute approximate surface area is 121 Å². The lowest BCUT2D eigenvalue weighted by molar-refractivity contribution is 0.0937. The molecule has 1 fully saturated rings. The highest BCUT2D eigenvalue weighted by Gasteiger charge is 2.19. The van der Waals surface area contributed by atoms with Gasteiger partial charge in [-0.3, -0.25) is 14.8 Å².